The largest absolute Gasteiger partial charge is 0.373 e. The average Bonchev–Trinajstić information content (AvgIpc) is 3.53. The van der Waals surface area contributed by atoms with Gasteiger partial charge in [-0.1, -0.05) is 51.1 Å². The van der Waals surface area contributed by atoms with Crippen molar-refractivity contribution >= 4 is 6.03 Å². The minimum atomic E-state index is -0.940. The highest BCUT2D eigenvalue weighted by Gasteiger charge is 2.42. The first kappa shape index (κ1) is 29.5. The maximum atomic E-state index is 14.8. The SMILES string of the molecule is CC(C)(C)[C@H](c1nc(-c2cc(F)ccc2F)nn1Cc1ccccc1)N(CC[C@@H](N)CF)C(=O)N1CCC[C@H]1O. The Hall–Kier alpha value is -3.44. The third kappa shape index (κ3) is 6.64. The number of nitrogens with zero attached hydrogens (tertiary/aromatic N) is 5. The van der Waals surface area contributed by atoms with Gasteiger partial charge in [0.2, 0.25) is 0 Å². The van der Waals surface area contributed by atoms with E-state index in [9.17, 15) is 23.1 Å². The summed E-state index contributed by atoms with van der Waals surface area (Å²) < 4.78 is 43.9. The molecule has 3 aromatic rings. The molecule has 216 valence electrons. The number of halogens is 3. The summed E-state index contributed by atoms with van der Waals surface area (Å²) in [6.45, 7) is 5.76. The maximum absolute atomic E-state index is 14.8. The summed E-state index contributed by atoms with van der Waals surface area (Å²) in [7, 11) is 0. The Morgan fingerprint density at radius 3 is 2.55 bits per heavy atom. The molecule has 0 bridgehead atoms. The van der Waals surface area contributed by atoms with Crippen molar-refractivity contribution in [2.24, 2.45) is 11.1 Å². The van der Waals surface area contributed by atoms with Crippen molar-refractivity contribution in [2.75, 3.05) is 19.8 Å². The highest BCUT2D eigenvalue weighted by atomic mass is 19.1. The van der Waals surface area contributed by atoms with Crippen LogP contribution in [-0.4, -0.2) is 67.7 Å². The van der Waals surface area contributed by atoms with E-state index in [1.54, 1.807) is 9.58 Å². The first-order valence-corrected chi connectivity index (χ1v) is 13.5. The number of benzene rings is 2. The molecule has 4 rings (SSSR count). The Balaban J connectivity index is 1.87. The molecule has 1 fully saturated rings. The van der Waals surface area contributed by atoms with E-state index in [-0.39, 0.29) is 30.9 Å². The number of alkyl halides is 1. The number of rotatable bonds is 9. The molecule has 0 radical (unpaired) electrons. The fraction of sp³-hybridized carbons (Fsp3) is 0.483. The lowest BCUT2D eigenvalue weighted by Gasteiger charge is -2.42. The molecule has 11 heteroatoms. The van der Waals surface area contributed by atoms with E-state index in [0.717, 1.165) is 23.8 Å². The van der Waals surface area contributed by atoms with E-state index < -0.39 is 48.1 Å². The summed E-state index contributed by atoms with van der Waals surface area (Å²) in [5, 5.41) is 15.1. The lowest BCUT2D eigenvalue weighted by atomic mass is 9.84. The fourth-order valence-corrected chi connectivity index (χ4v) is 5.06. The molecule has 40 heavy (non-hydrogen) atoms. The summed E-state index contributed by atoms with van der Waals surface area (Å²) in [4.78, 5) is 21.6. The van der Waals surface area contributed by atoms with Crippen molar-refractivity contribution in [2.45, 2.75) is 64.9 Å². The van der Waals surface area contributed by atoms with Gasteiger partial charge in [-0.05, 0) is 48.4 Å². The van der Waals surface area contributed by atoms with Crippen molar-refractivity contribution in [3.63, 3.8) is 0 Å². The molecule has 1 aliphatic heterocycles. The van der Waals surface area contributed by atoms with E-state index in [1.807, 2.05) is 51.1 Å². The average molecular weight is 559 g/mol. The van der Waals surface area contributed by atoms with E-state index in [0.29, 0.717) is 25.2 Å². The van der Waals surface area contributed by atoms with Crippen LogP contribution < -0.4 is 5.73 Å². The normalized spacial score (nSPS) is 17.2. The van der Waals surface area contributed by atoms with Gasteiger partial charge in [-0.3, -0.25) is 4.90 Å². The Kier molecular flexibility index (Phi) is 9.15. The summed E-state index contributed by atoms with van der Waals surface area (Å²) in [5.41, 5.74) is 6.05. The second kappa shape index (κ2) is 12.4. The molecule has 0 aliphatic carbocycles. The van der Waals surface area contributed by atoms with Crippen LogP contribution >= 0.6 is 0 Å². The van der Waals surface area contributed by atoms with Gasteiger partial charge in [0.05, 0.1) is 18.2 Å². The molecular weight excluding hydrogens is 521 g/mol. The number of aromatic nitrogens is 3. The quantitative estimate of drug-likeness (QED) is 0.390. The van der Waals surface area contributed by atoms with Crippen molar-refractivity contribution in [3.8, 4) is 11.4 Å². The summed E-state index contributed by atoms with van der Waals surface area (Å²) in [6.07, 6.45) is 0.344. The minimum Gasteiger partial charge on any atom is -0.373 e. The van der Waals surface area contributed by atoms with Gasteiger partial charge in [0, 0.05) is 19.1 Å². The van der Waals surface area contributed by atoms with Crippen LogP contribution in [0.2, 0.25) is 0 Å². The van der Waals surface area contributed by atoms with E-state index in [2.05, 4.69) is 5.10 Å². The van der Waals surface area contributed by atoms with Gasteiger partial charge in [0.25, 0.3) is 0 Å². The van der Waals surface area contributed by atoms with Crippen molar-refractivity contribution in [3.05, 3.63) is 71.6 Å². The molecule has 3 N–H and O–H groups in total. The van der Waals surface area contributed by atoms with Crippen LogP contribution in [0.25, 0.3) is 11.4 Å². The van der Waals surface area contributed by atoms with E-state index in [1.165, 1.54) is 4.90 Å². The summed E-state index contributed by atoms with van der Waals surface area (Å²) in [6, 6.07) is 10.6. The Labute approximate surface area is 232 Å². The van der Waals surface area contributed by atoms with Crippen molar-refractivity contribution in [1.82, 2.24) is 24.6 Å². The van der Waals surface area contributed by atoms with Gasteiger partial charge in [-0.15, -0.1) is 0 Å². The highest BCUT2D eigenvalue weighted by molar-refractivity contribution is 5.75. The first-order chi connectivity index (χ1) is 19.0. The molecule has 2 amide bonds. The fourth-order valence-electron chi connectivity index (χ4n) is 5.06. The minimum absolute atomic E-state index is 0.0220. The summed E-state index contributed by atoms with van der Waals surface area (Å²) >= 11 is 0. The number of carbonyl (C=O) groups excluding carboxylic acids is 1. The maximum Gasteiger partial charge on any atom is 0.322 e. The predicted octanol–water partition coefficient (Wildman–Crippen LogP) is 4.88. The third-order valence-electron chi connectivity index (χ3n) is 7.07. The number of hydrogen-bond donors (Lipinski definition) is 2. The molecule has 1 aliphatic rings. The number of nitrogens with two attached hydrogens (primary N) is 1. The molecular formula is C29H37F3N6O2. The second-order valence-corrected chi connectivity index (χ2v) is 11.3. The molecule has 8 nitrogen and oxygen atoms in total. The number of aliphatic hydroxyl groups excluding tert-OH is 1. The Bertz CT molecular complexity index is 1300. The van der Waals surface area contributed by atoms with Gasteiger partial charge >= 0.3 is 6.03 Å². The first-order valence-electron chi connectivity index (χ1n) is 13.5. The highest BCUT2D eigenvalue weighted by Crippen LogP contribution is 2.40. The number of urea groups is 1. The van der Waals surface area contributed by atoms with Crippen molar-refractivity contribution < 1.29 is 23.1 Å². The lowest BCUT2D eigenvalue weighted by Crippen LogP contribution is -2.51. The van der Waals surface area contributed by atoms with Crippen LogP contribution in [0.15, 0.2) is 48.5 Å². The second-order valence-electron chi connectivity index (χ2n) is 11.3. The smallest absolute Gasteiger partial charge is 0.322 e. The standard InChI is InChI=1S/C29H37F3N6O2/c1-29(2,3)25(37(15-13-21(33)17-30)28(40)36-14-7-10-24(36)39)27-34-26(22-16-20(31)11-12-23(22)32)35-38(27)18-19-8-5-4-6-9-19/h4-6,8-9,11-12,16,21,24-25,39H,7,10,13-15,17-18,33H2,1-3H3/t21-,24-,25+/m1/s1. The van der Waals surface area contributed by atoms with Gasteiger partial charge in [-0.25, -0.2) is 27.6 Å². The van der Waals surface area contributed by atoms with E-state index in [4.69, 9.17) is 10.7 Å². The van der Waals surface area contributed by atoms with Gasteiger partial charge in [0.15, 0.2) is 11.6 Å². The molecule has 3 atom stereocenters. The monoisotopic (exact) mass is 558 g/mol. The molecule has 2 aromatic carbocycles. The van der Waals surface area contributed by atoms with Crippen LogP contribution in [0, 0.1) is 17.0 Å². The topological polar surface area (TPSA) is 101 Å². The third-order valence-corrected chi connectivity index (χ3v) is 7.07. The van der Waals surface area contributed by atoms with E-state index >= 15 is 0 Å². The number of likely N-dealkylation sites (tertiary alicyclic amines) is 1. The lowest BCUT2D eigenvalue weighted by molar-refractivity contribution is 0.0253. The van der Waals surface area contributed by atoms with Crippen molar-refractivity contribution in [1.29, 1.82) is 0 Å². The predicted molar refractivity (Wildman–Crippen MR) is 146 cm³/mol. The van der Waals surface area contributed by atoms with Gasteiger partial charge in [-0.2, -0.15) is 5.10 Å². The summed E-state index contributed by atoms with van der Waals surface area (Å²) in [5.74, 6) is -0.985. The van der Waals surface area contributed by atoms with Crippen LogP contribution in [0.5, 0.6) is 0 Å². The molecule has 2 heterocycles. The number of amides is 2. The zero-order chi connectivity index (χ0) is 29.0. The Morgan fingerprint density at radius 1 is 1.20 bits per heavy atom. The number of carbonyl (C=O) groups is 1. The van der Waals surface area contributed by atoms with Gasteiger partial charge < -0.3 is 15.7 Å². The molecule has 0 unspecified atom stereocenters. The molecule has 1 aromatic heterocycles. The molecule has 0 spiro atoms. The van der Waals surface area contributed by atoms with Crippen LogP contribution in [0.4, 0.5) is 18.0 Å². The van der Waals surface area contributed by atoms with Crippen LogP contribution in [0.1, 0.15) is 57.5 Å². The molecule has 0 saturated carbocycles. The van der Waals surface area contributed by atoms with Crippen LogP contribution in [-0.2, 0) is 6.54 Å². The Morgan fingerprint density at radius 2 is 1.93 bits per heavy atom. The number of aliphatic hydroxyl groups is 1. The molecule has 1 saturated heterocycles. The number of hydrogen-bond acceptors (Lipinski definition) is 5. The van der Waals surface area contributed by atoms with Gasteiger partial charge in [0.1, 0.15) is 24.5 Å². The zero-order valence-corrected chi connectivity index (χ0v) is 23.1. The van der Waals surface area contributed by atoms with Crippen LogP contribution in [0.3, 0.4) is 0 Å². The zero-order valence-electron chi connectivity index (χ0n) is 23.1.